The summed E-state index contributed by atoms with van der Waals surface area (Å²) < 4.78 is 1.12. The fourth-order valence-corrected chi connectivity index (χ4v) is 2.58. The lowest BCUT2D eigenvalue weighted by molar-refractivity contribution is -0.115. The van der Waals surface area contributed by atoms with Gasteiger partial charge in [-0.3, -0.25) is 4.79 Å². The molecule has 1 aliphatic heterocycles. The molecule has 4 nitrogen and oxygen atoms in total. The van der Waals surface area contributed by atoms with Gasteiger partial charge in [0.25, 0.3) is 0 Å². The number of hydrogen-bond donors (Lipinski definition) is 3. The Balaban J connectivity index is 1.82. The molecule has 1 unspecified atom stereocenters. The van der Waals surface area contributed by atoms with Crippen LogP contribution < -0.4 is 16.0 Å². The summed E-state index contributed by atoms with van der Waals surface area (Å²) in [5.74, 6) is 0.00475. The Morgan fingerprint density at radius 1 is 1.56 bits per heavy atom. The minimum Gasteiger partial charge on any atom is -0.325 e. The Morgan fingerprint density at radius 3 is 3.06 bits per heavy atom. The maximum absolute atomic E-state index is 11.8. The average Bonchev–Trinajstić information content (AvgIpc) is 2.74. The molecule has 1 aromatic rings. The molecule has 98 valence electrons. The second-order valence-corrected chi connectivity index (χ2v) is 6.15. The van der Waals surface area contributed by atoms with Crippen LogP contribution in [0.2, 0.25) is 0 Å². The molecule has 1 aliphatic rings. The van der Waals surface area contributed by atoms with Crippen LogP contribution in [0.4, 0.5) is 5.69 Å². The van der Waals surface area contributed by atoms with Gasteiger partial charge in [-0.05, 0) is 60.7 Å². The van der Waals surface area contributed by atoms with Crippen molar-refractivity contribution in [3.8, 4) is 0 Å². The molecule has 1 saturated heterocycles. The van der Waals surface area contributed by atoms with E-state index < -0.39 is 0 Å². The highest BCUT2D eigenvalue weighted by atomic mass is 127. The molecule has 2 rings (SSSR count). The number of carbonyl (C=O) groups excluding carboxylic acids is 1. The van der Waals surface area contributed by atoms with Crippen molar-refractivity contribution in [3.05, 3.63) is 27.8 Å². The monoisotopic (exact) mass is 359 g/mol. The van der Waals surface area contributed by atoms with Crippen LogP contribution in [-0.4, -0.2) is 31.1 Å². The molecule has 5 heteroatoms. The second-order valence-electron chi connectivity index (χ2n) is 4.90. The van der Waals surface area contributed by atoms with Crippen LogP contribution in [0.5, 0.6) is 0 Å². The molecule has 1 fully saturated rings. The molecule has 0 aliphatic carbocycles. The van der Waals surface area contributed by atoms with Crippen molar-refractivity contribution in [2.75, 3.05) is 25.0 Å². The summed E-state index contributed by atoms with van der Waals surface area (Å²) in [5, 5.41) is 9.51. The standard InChI is InChI=1S/C13H18IN3O/c1-13(5-6-15-9-13)16-8-12(18)17-11-4-2-3-10(14)7-11/h2-4,7,15-16H,5-6,8-9H2,1H3,(H,17,18). The van der Waals surface area contributed by atoms with Crippen molar-refractivity contribution in [2.24, 2.45) is 0 Å². The van der Waals surface area contributed by atoms with E-state index in [1.54, 1.807) is 0 Å². The SMILES string of the molecule is CC1(NCC(=O)Nc2cccc(I)c2)CCNC1. The molecule has 0 spiro atoms. The van der Waals surface area contributed by atoms with Crippen LogP contribution >= 0.6 is 22.6 Å². The molecular formula is C13H18IN3O. The largest absolute Gasteiger partial charge is 0.325 e. The fraction of sp³-hybridized carbons (Fsp3) is 0.462. The summed E-state index contributed by atoms with van der Waals surface area (Å²) in [4.78, 5) is 11.8. The van der Waals surface area contributed by atoms with Gasteiger partial charge in [0.05, 0.1) is 6.54 Å². The topological polar surface area (TPSA) is 53.2 Å². The van der Waals surface area contributed by atoms with Crippen LogP contribution in [0.25, 0.3) is 0 Å². The number of rotatable bonds is 4. The van der Waals surface area contributed by atoms with E-state index in [-0.39, 0.29) is 11.4 Å². The van der Waals surface area contributed by atoms with E-state index in [9.17, 15) is 4.79 Å². The van der Waals surface area contributed by atoms with E-state index in [4.69, 9.17) is 0 Å². The van der Waals surface area contributed by atoms with Gasteiger partial charge >= 0.3 is 0 Å². The van der Waals surface area contributed by atoms with Crippen LogP contribution in [0.15, 0.2) is 24.3 Å². The van der Waals surface area contributed by atoms with E-state index in [0.717, 1.165) is 28.8 Å². The van der Waals surface area contributed by atoms with Crippen molar-refractivity contribution in [1.29, 1.82) is 0 Å². The van der Waals surface area contributed by atoms with Crippen LogP contribution in [-0.2, 0) is 4.79 Å². The lowest BCUT2D eigenvalue weighted by Gasteiger charge is -2.24. The minimum absolute atomic E-state index is 0.00475. The lowest BCUT2D eigenvalue weighted by Crippen LogP contribution is -2.47. The third-order valence-electron chi connectivity index (χ3n) is 3.15. The highest BCUT2D eigenvalue weighted by molar-refractivity contribution is 14.1. The van der Waals surface area contributed by atoms with Crippen LogP contribution in [0.3, 0.4) is 0 Å². The molecule has 1 aromatic carbocycles. The zero-order valence-electron chi connectivity index (χ0n) is 10.4. The van der Waals surface area contributed by atoms with Gasteiger partial charge in [-0.15, -0.1) is 0 Å². The lowest BCUT2D eigenvalue weighted by atomic mass is 10.0. The van der Waals surface area contributed by atoms with Gasteiger partial charge in [0.15, 0.2) is 0 Å². The van der Waals surface area contributed by atoms with E-state index in [2.05, 4.69) is 45.5 Å². The first kappa shape index (κ1) is 13.8. The predicted octanol–water partition coefficient (Wildman–Crippen LogP) is 1.57. The zero-order chi connectivity index (χ0) is 13.0. The predicted molar refractivity (Wildman–Crippen MR) is 81.7 cm³/mol. The summed E-state index contributed by atoms with van der Waals surface area (Å²) in [5.41, 5.74) is 0.894. The molecule has 0 aromatic heterocycles. The van der Waals surface area contributed by atoms with Crippen molar-refractivity contribution >= 4 is 34.2 Å². The Labute approximate surface area is 121 Å². The highest BCUT2D eigenvalue weighted by Crippen LogP contribution is 2.14. The number of carbonyl (C=O) groups is 1. The van der Waals surface area contributed by atoms with Gasteiger partial charge in [-0.25, -0.2) is 0 Å². The molecule has 3 N–H and O–H groups in total. The minimum atomic E-state index is 0.00475. The van der Waals surface area contributed by atoms with E-state index >= 15 is 0 Å². The number of hydrogen-bond acceptors (Lipinski definition) is 3. The first-order valence-corrected chi connectivity index (χ1v) is 7.16. The maximum atomic E-state index is 11.8. The smallest absolute Gasteiger partial charge is 0.238 e. The number of anilines is 1. The summed E-state index contributed by atoms with van der Waals surface area (Å²) in [6.45, 7) is 4.43. The third-order valence-corrected chi connectivity index (χ3v) is 3.82. The van der Waals surface area contributed by atoms with E-state index in [1.165, 1.54) is 0 Å². The summed E-state index contributed by atoms with van der Waals surface area (Å²) in [6.07, 6.45) is 1.06. The van der Waals surface area contributed by atoms with Gasteiger partial charge in [-0.2, -0.15) is 0 Å². The number of benzene rings is 1. The van der Waals surface area contributed by atoms with Crippen molar-refractivity contribution < 1.29 is 4.79 Å². The highest BCUT2D eigenvalue weighted by Gasteiger charge is 2.28. The summed E-state index contributed by atoms with van der Waals surface area (Å²) >= 11 is 2.23. The van der Waals surface area contributed by atoms with Crippen molar-refractivity contribution in [2.45, 2.75) is 18.9 Å². The Kier molecular flexibility index (Phi) is 4.58. The molecule has 18 heavy (non-hydrogen) atoms. The number of nitrogens with one attached hydrogen (secondary N) is 3. The number of halogens is 1. The molecule has 1 atom stereocenters. The summed E-state index contributed by atoms with van der Waals surface area (Å²) in [6, 6.07) is 7.79. The van der Waals surface area contributed by atoms with E-state index in [1.807, 2.05) is 24.3 Å². The Morgan fingerprint density at radius 2 is 2.39 bits per heavy atom. The van der Waals surface area contributed by atoms with Crippen molar-refractivity contribution in [1.82, 2.24) is 10.6 Å². The van der Waals surface area contributed by atoms with Gasteiger partial charge in [0.1, 0.15) is 0 Å². The molecule has 0 saturated carbocycles. The Hall–Kier alpha value is -0.660. The average molecular weight is 359 g/mol. The van der Waals surface area contributed by atoms with Gasteiger partial charge in [-0.1, -0.05) is 6.07 Å². The second kappa shape index (κ2) is 5.99. The molecule has 1 heterocycles. The zero-order valence-corrected chi connectivity index (χ0v) is 12.6. The van der Waals surface area contributed by atoms with E-state index in [0.29, 0.717) is 6.54 Å². The first-order chi connectivity index (χ1) is 8.57. The molecule has 0 bridgehead atoms. The van der Waals surface area contributed by atoms with Gasteiger partial charge < -0.3 is 16.0 Å². The first-order valence-electron chi connectivity index (χ1n) is 6.09. The van der Waals surface area contributed by atoms with Crippen molar-refractivity contribution in [3.63, 3.8) is 0 Å². The normalized spacial score (nSPS) is 23.0. The summed E-state index contributed by atoms with van der Waals surface area (Å²) in [7, 11) is 0. The van der Waals surface area contributed by atoms with Gasteiger partial charge in [0.2, 0.25) is 5.91 Å². The van der Waals surface area contributed by atoms with Gasteiger partial charge in [0, 0.05) is 21.3 Å². The third kappa shape index (κ3) is 3.93. The maximum Gasteiger partial charge on any atom is 0.238 e. The fourth-order valence-electron chi connectivity index (χ4n) is 2.03. The van der Waals surface area contributed by atoms with Crippen LogP contribution in [0.1, 0.15) is 13.3 Å². The molecular weight excluding hydrogens is 341 g/mol. The molecule has 1 amide bonds. The Bertz CT molecular complexity index is 430. The molecule has 0 radical (unpaired) electrons. The number of amides is 1. The van der Waals surface area contributed by atoms with Crippen LogP contribution in [0, 0.1) is 3.57 Å². The quantitative estimate of drug-likeness (QED) is 0.716.